The highest BCUT2D eigenvalue weighted by Gasteiger charge is 2.49. The van der Waals surface area contributed by atoms with E-state index in [2.05, 4.69) is 15.2 Å². The Hall–Kier alpha value is -2.33. The minimum atomic E-state index is -5.86. The van der Waals surface area contributed by atoms with Crippen molar-refractivity contribution in [3.05, 3.63) is 23.9 Å². The normalized spacial score (nSPS) is 12.6. The molecule has 10 nitrogen and oxygen atoms in total. The number of pyridine rings is 1. The molecule has 0 saturated heterocycles. The average Bonchev–Trinajstić information content (AvgIpc) is 2.90. The Morgan fingerprint density at radius 1 is 1.15 bits per heavy atom. The van der Waals surface area contributed by atoms with Crippen molar-refractivity contribution in [2.45, 2.75) is 10.5 Å². The van der Waals surface area contributed by atoms with E-state index in [0.29, 0.717) is 11.3 Å². The number of carbonyl (C=O) groups is 1. The predicted molar refractivity (Wildman–Crippen MR) is 83.8 cm³/mol. The Morgan fingerprint density at radius 3 is 2.35 bits per heavy atom. The van der Waals surface area contributed by atoms with Crippen molar-refractivity contribution in [3.8, 4) is 0 Å². The summed E-state index contributed by atoms with van der Waals surface area (Å²) in [6.45, 7) is 0. The van der Waals surface area contributed by atoms with Crippen LogP contribution in [0.1, 0.15) is 10.4 Å². The molecule has 2 N–H and O–H groups in total. The second kappa shape index (κ2) is 6.76. The summed E-state index contributed by atoms with van der Waals surface area (Å²) in [5.41, 5.74) is -6.51. The molecule has 1 amide bonds. The summed E-state index contributed by atoms with van der Waals surface area (Å²) in [5, 5.41) is 6.90. The largest absolute Gasteiger partial charge is 0.503 e. The van der Waals surface area contributed by atoms with E-state index in [1.165, 1.54) is 0 Å². The lowest BCUT2D eigenvalue weighted by Gasteiger charge is -2.10. The fourth-order valence-corrected chi connectivity index (χ4v) is 3.86. The third-order valence-electron chi connectivity index (χ3n) is 2.49. The minimum absolute atomic E-state index is 0.211. The second-order valence-electron chi connectivity index (χ2n) is 4.55. The molecule has 0 radical (unpaired) electrons. The Balaban J connectivity index is 2.32. The van der Waals surface area contributed by atoms with Crippen molar-refractivity contribution in [1.82, 2.24) is 15.2 Å². The van der Waals surface area contributed by atoms with Crippen molar-refractivity contribution in [3.63, 3.8) is 0 Å². The van der Waals surface area contributed by atoms with Crippen LogP contribution in [0, 0.1) is 0 Å². The third kappa shape index (κ3) is 4.44. The van der Waals surface area contributed by atoms with Crippen LogP contribution >= 0.6 is 11.3 Å². The molecule has 0 saturated carbocycles. The van der Waals surface area contributed by atoms with Gasteiger partial charge in [0.2, 0.25) is 20.3 Å². The number of sulfonamides is 1. The van der Waals surface area contributed by atoms with Crippen LogP contribution < -0.4 is 10.0 Å². The Labute approximate surface area is 148 Å². The van der Waals surface area contributed by atoms with E-state index in [0.717, 1.165) is 24.6 Å². The van der Waals surface area contributed by atoms with Crippen LogP contribution in [-0.2, 0) is 19.9 Å². The van der Waals surface area contributed by atoms with Crippen LogP contribution in [0.4, 0.5) is 23.4 Å². The highest BCUT2D eigenvalue weighted by molar-refractivity contribution is 7.92. The van der Waals surface area contributed by atoms with E-state index < -0.39 is 41.9 Å². The van der Waals surface area contributed by atoms with Crippen molar-refractivity contribution < 1.29 is 34.8 Å². The standard InChI is InChI=1S/C10H8F3N5O5S3/c1-25(20,21)18-9-17-16-8(24-9)15-6(19)5-3-2-4-14-7(5)26(22,23)10(11,12)13/h2-4H,1H3,(H,17,18)(H,15,16,19). The number of halogens is 3. The molecule has 2 heterocycles. The van der Waals surface area contributed by atoms with E-state index in [1.807, 2.05) is 10.0 Å². The van der Waals surface area contributed by atoms with Crippen molar-refractivity contribution >= 4 is 47.4 Å². The summed E-state index contributed by atoms with van der Waals surface area (Å²) in [7, 11) is -9.52. The van der Waals surface area contributed by atoms with Gasteiger partial charge in [-0.1, -0.05) is 11.3 Å². The Bertz CT molecular complexity index is 1050. The minimum Gasteiger partial charge on any atom is -0.296 e. The molecule has 0 bridgehead atoms. The summed E-state index contributed by atoms with van der Waals surface area (Å²) in [5.74, 6) is -1.25. The van der Waals surface area contributed by atoms with Gasteiger partial charge in [0.1, 0.15) is 0 Å². The number of nitrogens with zero attached hydrogens (tertiary/aromatic N) is 3. The molecule has 26 heavy (non-hydrogen) atoms. The number of rotatable bonds is 5. The molecule has 0 aliphatic carbocycles. The number of hydrogen-bond acceptors (Lipinski definition) is 9. The van der Waals surface area contributed by atoms with Crippen molar-refractivity contribution in [2.24, 2.45) is 0 Å². The quantitative estimate of drug-likeness (QED) is 0.708. The van der Waals surface area contributed by atoms with E-state index in [1.54, 1.807) is 0 Å². The zero-order valence-corrected chi connectivity index (χ0v) is 14.9. The number of anilines is 2. The molecule has 142 valence electrons. The number of amides is 1. The summed E-state index contributed by atoms with van der Waals surface area (Å²) in [6, 6.07) is 1.90. The van der Waals surface area contributed by atoms with Crippen molar-refractivity contribution in [2.75, 3.05) is 16.3 Å². The Morgan fingerprint density at radius 2 is 1.77 bits per heavy atom. The first kappa shape index (κ1) is 20.0. The van der Waals surface area contributed by atoms with Crippen LogP contribution in [0.15, 0.2) is 23.4 Å². The molecule has 0 unspecified atom stereocenters. The van der Waals surface area contributed by atoms with Gasteiger partial charge in [0, 0.05) is 6.20 Å². The van der Waals surface area contributed by atoms with Crippen molar-refractivity contribution in [1.29, 1.82) is 0 Å². The molecule has 2 aromatic heterocycles. The van der Waals surface area contributed by atoms with Gasteiger partial charge in [0.25, 0.3) is 15.7 Å². The molecule has 2 rings (SSSR count). The summed E-state index contributed by atoms with van der Waals surface area (Å²) in [4.78, 5) is 15.3. The summed E-state index contributed by atoms with van der Waals surface area (Å²) in [6.07, 6.45) is 1.63. The van der Waals surface area contributed by atoms with Gasteiger partial charge in [0.15, 0.2) is 5.03 Å². The Kier molecular flexibility index (Phi) is 5.20. The van der Waals surface area contributed by atoms with E-state index in [9.17, 15) is 34.8 Å². The third-order valence-corrected chi connectivity index (χ3v) is 5.38. The zero-order valence-electron chi connectivity index (χ0n) is 12.5. The van der Waals surface area contributed by atoms with E-state index >= 15 is 0 Å². The fraction of sp³-hybridized carbons (Fsp3) is 0.200. The highest BCUT2D eigenvalue weighted by atomic mass is 32.2. The topological polar surface area (TPSA) is 148 Å². The van der Waals surface area contributed by atoms with Gasteiger partial charge in [-0.25, -0.2) is 21.8 Å². The van der Waals surface area contributed by atoms with E-state index in [-0.39, 0.29) is 10.3 Å². The van der Waals surface area contributed by atoms with Gasteiger partial charge in [0.05, 0.1) is 11.8 Å². The number of hydrogen-bond donors (Lipinski definition) is 2. The number of alkyl halides is 3. The second-order valence-corrected chi connectivity index (χ2v) is 9.13. The van der Waals surface area contributed by atoms with Gasteiger partial charge in [-0.05, 0) is 12.1 Å². The van der Waals surface area contributed by atoms with Crippen LogP contribution in [0.3, 0.4) is 0 Å². The summed E-state index contributed by atoms with van der Waals surface area (Å²) >= 11 is 0.565. The SMILES string of the molecule is CS(=O)(=O)Nc1nnc(NC(=O)c2cccnc2S(=O)(=O)C(F)(F)F)s1. The number of carbonyl (C=O) groups excluding carboxylic acids is 1. The van der Waals surface area contributed by atoms with Gasteiger partial charge < -0.3 is 0 Å². The smallest absolute Gasteiger partial charge is 0.296 e. The first-order valence-electron chi connectivity index (χ1n) is 6.20. The molecule has 0 aliphatic rings. The van der Waals surface area contributed by atoms with Crippen LogP contribution in [0.25, 0.3) is 0 Å². The maximum atomic E-state index is 12.7. The van der Waals surface area contributed by atoms with Gasteiger partial charge >= 0.3 is 5.51 Å². The van der Waals surface area contributed by atoms with Gasteiger partial charge in [-0.15, -0.1) is 10.2 Å². The number of nitrogens with one attached hydrogen (secondary N) is 2. The highest BCUT2D eigenvalue weighted by Crippen LogP contribution is 2.31. The van der Waals surface area contributed by atoms with Gasteiger partial charge in [-0.2, -0.15) is 13.2 Å². The number of sulfone groups is 1. The molecule has 2 aromatic rings. The van der Waals surface area contributed by atoms with E-state index in [4.69, 9.17) is 0 Å². The first-order valence-corrected chi connectivity index (χ1v) is 10.4. The average molecular weight is 431 g/mol. The summed E-state index contributed by atoms with van der Waals surface area (Å²) < 4.78 is 85.3. The van der Waals surface area contributed by atoms with Gasteiger partial charge in [-0.3, -0.25) is 14.8 Å². The molecule has 16 heteroatoms. The lowest BCUT2D eigenvalue weighted by atomic mass is 10.3. The fourth-order valence-electron chi connectivity index (χ4n) is 1.53. The molecule has 0 aliphatic heterocycles. The van der Waals surface area contributed by atoms with Crippen LogP contribution in [0.2, 0.25) is 0 Å². The molecule has 0 spiro atoms. The lowest BCUT2D eigenvalue weighted by molar-refractivity contribution is -0.0438. The molecular formula is C10H8F3N5O5S3. The molecule has 0 fully saturated rings. The maximum Gasteiger partial charge on any atom is 0.503 e. The molecule has 0 aromatic carbocycles. The maximum absolute atomic E-state index is 12.7. The first-order chi connectivity index (χ1) is 11.8. The predicted octanol–water partition coefficient (Wildman–Crippen LogP) is 0.850. The van der Waals surface area contributed by atoms with Crippen LogP contribution in [-0.4, -0.2) is 49.7 Å². The molecule has 0 atom stereocenters. The lowest BCUT2D eigenvalue weighted by Crippen LogP contribution is -2.27. The molecular weight excluding hydrogens is 423 g/mol. The van der Waals surface area contributed by atoms with Crippen LogP contribution in [0.5, 0.6) is 0 Å². The zero-order chi connectivity index (χ0) is 19.8. The number of aromatic nitrogens is 3. The monoisotopic (exact) mass is 431 g/mol.